The van der Waals surface area contributed by atoms with Crippen LogP contribution in [0.2, 0.25) is 0 Å². The molecule has 2 amide bonds. The third-order valence-corrected chi connectivity index (χ3v) is 4.54. The first kappa shape index (κ1) is 20.2. The number of hydrogen-bond donors (Lipinski definition) is 2. The van der Waals surface area contributed by atoms with Gasteiger partial charge in [-0.2, -0.15) is 0 Å². The highest BCUT2D eigenvalue weighted by Crippen LogP contribution is 2.36. The highest BCUT2D eigenvalue weighted by Gasteiger charge is 2.54. The van der Waals surface area contributed by atoms with E-state index in [9.17, 15) is 14.7 Å². The molecule has 2 N–H and O–H groups in total. The third-order valence-electron chi connectivity index (χ3n) is 4.54. The van der Waals surface area contributed by atoms with Crippen molar-refractivity contribution >= 4 is 12.0 Å². The van der Waals surface area contributed by atoms with E-state index in [0.29, 0.717) is 19.3 Å². The molecule has 9 nitrogen and oxygen atoms in total. The summed E-state index contributed by atoms with van der Waals surface area (Å²) in [6.07, 6.45) is 2.03. The number of ether oxygens (including phenoxy) is 1. The van der Waals surface area contributed by atoms with Crippen LogP contribution in [0.1, 0.15) is 65.8 Å². The minimum absolute atomic E-state index is 0.230. The molecule has 0 spiro atoms. The molecule has 2 unspecified atom stereocenters. The van der Waals surface area contributed by atoms with Gasteiger partial charge in [0.1, 0.15) is 17.2 Å². The number of nitrogens with one attached hydrogen (secondary N) is 1. The van der Waals surface area contributed by atoms with E-state index in [1.807, 2.05) is 13.8 Å². The van der Waals surface area contributed by atoms with Crippen molar-refractivity contribution < 1.29 is 23.8 Å². The van der Waals surface area contributed by atoms with Gasteiger partial charge in [-0.05, 0) is 47.0 Å². The molecule has 26 heavy (non-hydrogen) atoms. The highest BCUT2D eigenvalue weighted by molar-refractivity contribution is 5.91. The Bertz CT molecular complexity index is 628. The van der Waals surface area contributed by atoms with Gasteiger partial charge in [0.25, 0.3) is 0 Å². The van der Waals surface area contributed by atoms with E-state index in [2.05, 4.69) is 15.5 Å². The highest BCUT2D eigenvalue weighted by atomic mass is 16.6. The first-order valence-electron chi connectivity index (χ1n) is 8.85. The van der Waals surface area contributed by atoms with Gasteiger partial charge in [0.05, 0.1) is 6.61 Å². The van der Waals surface area contributed by atoms with Gasteiger partial charge in [-0.25, -0.2) is 4.79 Å². The van der Waals surface area contributed by atoms with E-state index in [1.54, 1.807) is 20.8 Å². The maximum atomic E-state index is 13.1. The minimum atomic E-state index is -1.38. The number of nitrogens with zero attached hydrogens (tertiary/aromatic N) is 3. The molecule has 1 fully saturated rings. The molecule has 1 aromatic rings. The van der Waals surface area contributed by atoms with Gasteiger partial charge in [-0.1, -0.05) is 6.92 Å². The number of aliphatic hydroxyl groups excluding tert-OH is 1. The second-order valence-electron chi connectivity index (χ2n) is 7.64. The lowest BCUT2D eigenvalue weighted by Crippen LogP contribution is -2.62. The predicted molar refractivity (Wildman–Crippen MR) is 92.1 cm³/mol. The zero-order valence-corrected chi connectivity index (χ0v) is 16.0. The molecule has 9 heteroatoms. The molecule has 1 aliphatic rings. The van der Waals surface area contributed by atoms with Crippen LogP contribution in [0.4, 0.5) is 4.79 Å². The van der Waals surface area contributed by atoms with Gasteiger partial charge in [0.15, 0.2) is 0 Å². The second-order valence-corrected chi connectivity index (χ2v) is 7.64. The average Bonchev–Trinajstić information content (AvgIpc) is 3.18. The molecule has 0 bridgehead atoms. The van der Waals surface area contributed by atoms with Crippen molar-refractivity contribution in [1.29, 1.82) is 0 Å². The van der Waals surface area contributed by atoms with Crippen molar-refractivity contribution in [2.24, 2.45) is 0 Å². The van der Waals surface area contributed by atoms with E-state index in [0.717, 1.165) is 0 Å². The number of likely N-dealkylation sites (tertiary alicyclic amines) is 1. The van der Waals surface area contributed by atoms with Crippen LogP contribution in [0.3, 0.4) is 0 Å². The molecule has 146 valence electrons. The van der Waals surface area contributed by atoms with Crippen molar-refractivity contribution in [1.82, 2.24) is 20.4 Å². The summed E-state index contributed by atoms with van der Waals surface area (Å²) in [4.78, 5) is 27.1. The van der Waals surface area contributed by atoms with E-state index < -0.39 is 35.8 Å². The van der Waals surface area contributed by atoms with Gasteiger partial charge in [0, 0.05) is 6.04 Å². The van der Waals surface area contributed by atoms with Crippen LogP contribution in [-0.2, 0) is 9.53 Å². The molecule has 1 saturated heterocycles. The van der Waals surface area contributed by atoms with Crippen LogP contribution in [-0.4, -0.2) is 56.0 Å². The Hall–Kier alpha value is -2.16. The Morgan fingerprint density at radius 2 is 2.23 bits per heavy atom. The fraction of sp³-hybridized carbons (Fsp3) is 0.765. The van der Waals surface area contributed by atoms with Crippen LogP contribution in [0.25, 0.3) is 0 Å². The summed E-state index contributed by atoms with van der Waals surface area (Å²) >= 11 is 0. The Labute approximate surface area is 153 Å². The Morgan fingerprint density at radius 1 is 1.54 bits per heavy atom. The first-order chi connectivity index (χ1) is 12.1. The molecule has 0 saturated carbocycles. The summed E-state index contributed by atoms with van der Waals surface area (Å²) in [5, 5.41) is 20.4. The third kappa shape index (κ3) is 3.98. The second kappa shape index (κ2) is 7.61. The molecule has 2 heterocycles. The summed E-state index contributed by atoms with van der Waals surface area (Å²) in [6, 6.07) is -0.726. The average molecular weight is 368 g/mol. The molecule has 1 aliphatic heterocycles. The molecule has 3 atom stereocenters. The topological polar surface area (TPSA) is 118 Å². The maximum Gasteiger partial charge on any atom is 0.411 e. The summed E-state index contributed by atoms with van der Waals surface area (Å²) in [5.41, 5.74) is -2.08. The normalized spacial score (nSPS) is 24.4. The van der Waals surface area contributed by atoms with E-state index >= 15 is 0 Å². The quantitative estimate of drug-likeness (QED) is 0.813. The number of rotatable bonds is 5. The Balaban J connectivity index is 2.26. The number of aromatic nitrogens is 2. The van der Waals surface area contributed by atoms with Crippen LogP contribution in [0.15, 0.2) is 10.8 Å². The first-order valence-corrected chi connectivity index (χ1v) is 8.85. The predicted octanol–water partition coefficient (Wildman–Crippen LogP) is 1.79. The van der Waals surface area contributed by atoms with Gasteiger partial charge < -0.3 is 19.6 Å². The van der Waals surface area contributed by atoms with E-state index in [1.165, 1.54) is 11.3 Å². The monoisotopic (exact) mass is 368 g/mol. The zero-order valence-electron chi connectivity index (χ0n) is 16.0. The molecule has 0 aliphatic carbocycles. The standard InChI is InChI=1S/C17H28N4O5/c1-6-12(13-20-18-10-25-13)19-14(23)17(9-22)8-7-11(2)21(17)15(24)26-16(3,4)5/h10-12,22H,6-9H2,1-5H3,(H,19,23)/t11?,12-,17?/m0/s1. The van der Waals surface area contributed by atoms with Crippen LogP contribution < -0.4 is 5.32 Å². The van der Waals surface area contributed by atoms with Gasteiger partial charge >= 0.3 is 6.09 Å². The lowest BCUT2D eigenvalue weighted by Gasteiger charge is -2.39. The summed E-state index contributed by atoms with van der Waals surface area (Å²) < 4.78 is 10.6. The summed E-state index contributed by atoms with van der Waals surface area (Å²) in [6.45, 7) is 8.48. The number of carbonyl (C=O) groups is 2. The molecule has 2 rings (SSSR count). The molecular formula is C17H28N4O5. The lowest BCUT2D eigenvalue weighted by molar-refractivity contribution is -0.136. The number of aliphatic hydroxyl groups is 1. The van der Waals surface area contributed by atoms with Crippen molar-refractivity contribution in [3.05, 3.63) is 12.3 Å². The van der Waals surface area contributed by atoms with Crippen molar-refractivity contribution in [3.63, 3.8) is 0 Å². The largest absolute Gasteiger partial charge is 0.444 e. The SMILES string of the molecule is CC[C@H](NC(=O)C1(CO)CCC(C)N1C(=O)OC(C)(C)C)c1nnco1. The molecule has 1 aromatic heterocycles. The zero-order chi connectivity index (χ0) is 19.5. The summed E-state index contributed by atoms with van der Waals surface area (Å²) in [5.74, 6) is -0.177. The van der Waals surface area contributed by atoms with Crippen LogP contribution in [0.5, 0.6) is 0 Å². The molecule has 0 radical (unpaired) electrons. The van der Waals surface area contributed by atoms with Crippen molar-refractivity contribution in [2.75, 3.05) is 6.61 Å². The minimum Gasteiger partial charge on any atom is -0.444 e. The van der Waals surface area contributed by atoms with Crippen molar-refractivity contribution in [3.8, 4) is 0 Å². The smallest absolute Gasteiger partial charge is 0.411 e. The Morgan fingerprint density at radius 3 is 2.73 bits per heavy atom. The van der Waals surface area contributed by atoms with Crippen LogP contribution in [0, 0.1) is 0 Å². The summed E-state index contributed by atoms with van der Waals surface area (Å²) in [7, 11) is 0. The fourth-order valence-corrected chi connectivity index (χ4v) is 3.20. The number of carbonyl (C=O) groups excluding carboxylic acids is 2. The fourth-order valence-electron chi connectivity index (χ4n) is 3.20. The Kier molecular flexibility index (Phi) is 5.90. The molecule has 0 aromatic carbocycles. The molecular weight excluding hydrogens is 340 g/mol. The van der Waals surface area contributed by atoms with E-state index in [-0.39, 0.29) is 11.9 Å². The van der Waals surface area contributed by atoms with E-state index in [4.69, 9.17) is 9.15 Å². The van der Waals surface area contributed by atoms with Gasteiger partial charge in [-0.3, -0.25) is 9.69 Å². The maximum absolute atomic E-state index is 13.1. The lowest BCUT2D eigenvalue weighted by atomic mass is 9.95. The number of amides is 2. The number of hydrogen-bond acceptors (Lipinski definition) is 7. The van der Waals surface area contributed by atoms with Crippen molar-refractivity contribution in [2.45, 2.75) is 77.1 Å². The van der Waals surface area contributed by atoms with Gasteiger partial charge in [0.2, 0.25) is 18.2 Å². The van der Waals surface area contributed by atoms with Crippen LogP contribution >= 0.6 is 0 Å². The van der Waals surface area contributed by atoms with Gasteiger partial charge in [-0.15, -0.1) is 10.2 Å².